The molecule has 1 heterocycles. The number of rotatable bonds is 4. The Kier molecular flexibility index (Phi) is 4.75. The summed E-state index contributed by atoms with van der Waals surface area (Å²) in [6.07, 6.45) is 3.15. The largest absolute Gasteiger partial charge is 0.322 e. The van der Waals surface area contributed by atoms with E-state index in [-0.39, 0.29) is 16.1 Å². The van der Waals surface area contributed by atoms with Crippen LogP contribution in [0.1, 0.15) is 32.6 Å². The Morgan fingerprint density at radius 3 is 2.80 bits per heavy atom. The summed E-state index contributed by atoms with van der Waals surface area (Å²) in [4.78, 5) is 12.4. The number of amides is 1. The molecule has 0 radical (unpaired) electrons. The molecule has 110 valence electrons. The van der Waals surface area contributed by atoms with Crippen molar-refractivity contribution in [3.05, 3.63) is 28.2 Å². The molecule has 1 fully saturated rings. The van der Waals surface area contributed by atoms with Crippen molar-refractivity contribution in [1.29, 1.82) is 0 Å². The minimum absolute atomic E-state index is 0.0373. The smallest absolute Gasteiger partial charge is 0.244 e. The van der Waals surface area contributed by atoms with Crippen molar-refractivity contribution in [2.45, 2.75) is 38.1 Å². The van der Waals surface area contributed by atoms with Crippen molar-refractivity contribution >= 4 is 27.5 Å². The van der Waals surface area contributed by atoms with Crippen LogP contribution in [0.4, 0.5) is 14.5 Å². The van der Waals surface area contributed by atoms with Crippen LogP contribution in [0.5, 0.6) is 0 Å². The number of nitrogens with one attached hydrogen (secondary N) is 2. The summed E-state index contributed by atoms with van der Waals surface area (Å²) in [6, 6.07) is 2.01. The lowest BCUT2D eigenvalue weighted by atomic mass is 9.91. The van der Waals surface area contributed by atoms with Gasteiger partial charge in [0.05, 0.1) is 15.7 Å². The van der Waals surface area contributed by atoms with Gasteiger partial charge in [0.15, 0.2) is 0 Å². The number of hydrogen-bond acceptors (Lipinski definition) is 2. The monoisotopic (exact) mass is 346 g/mol. The summed E-state index contributed by atoms with van der Waals surface area (Å²) in [5.41, 5.74) is -0.787. The van der Waals surface area contributed by atoms with E-state index in [1.54, 1.807) is 0 Å². The molecule has 1 amide bonds. The van der Waals surface area contributed by atoms with Crippen LogP contribution in [0.3, 0.4) is 0 Å². The maximum atomic E-state index is 13.8. The minimum Gasteiger partial charge on any atom is -0.322 e. The zero-order valence-corrected chi connectivity index (χ0v) is 12.8. The standard InChI is InChI=1S/C14H17BrF2N2O/c1-2-4-14(5-3-6-18-14)13(20)19-12-8-10(16)9(15)7-11(12)17/h7-8,18H,2-6H2,1H3,(H,19,20). The lowest BCUT2D eigenvalue weighted by molar-refractivity contribution is -0.122. The molecule has 6 heteroatoms. The Balaban J connectivity index is 2.20. The Hall–Kier alpha value is -1.01. The van der Waals surface area contributed by atoms with Crippen LogP contribution in [-0.2, 0) is 4.79 Å². The Labute approximate surface area is 125 Å². The minimum atomic E-state index is -0.662. The third-order valence-corrected chi connectivity index (χ3v) is 4.22. The van der Waals surface area contributed by atoms with Crippen LogP contribution >= 0.6 is 15.9 Å². The normalized spacial score (nSPS) is 22.0. The van der Waals surface area contributed by atoms with Crippen molar-refractivity contribution in [2.75, 3.05) is 11.9 Å². The van der Waals surface area contributed by atoms with Gasteiger partial charge in [0, 0.05) is 6.07 Å². The van der Waals surface area contributed by atoms with Crippen molar-refractivity contribution in [1.82, 2.24) is 5.32 Å². The molecule has 0 saturated carbocycles. The van der Waals surface area contributed by atoms with E-state index < -0.39 is 17.2 Å². The predicted octanol–water partition coefficient (Wildman–Crippen LogP) is 3.59. The van der Waals surface area contributed by atoms with Crippen LogP contribution in [0.15, 0.2) is 16.6 Å². The maximum absolute atomic E-state index is 13.8. The zero-order chi connectivity index (χ0) is 14.8. The molecule has 0 aliphatic carbocycles. The SMILES string of the molecule is CCCC1(C(=O)Nc2cc(F)c(Br)cc2F)CCCN1. The molecule has 1 aliphatic rings. The highest BCUT2D eigenvalue weighted by Crippen LogP contribution is 2.28. The third kappa shape index (κ3) is 3.01. The third-order valence-electron chi connectivity index (χ3n) is 3.61. The molecular weight excluding hydrogens is 330 g/mol. The average molecular weight is 347 g/mol. The first-order valence-electron chi connectivity index (χ1n) is 6.69. The van der Waals surface area contributed by atoms with Crippen LogP contribution in [0.2, 0.25) is 0 Å². The van der Waals surface area contributed by atoms with Gasteiger partial charge in [-0.1, -0.05) is 13.3 Å². The number of carbonyl (C=O) groups excluding carboxylic acids is 1. The van der Waals surface area contributed by atoms with E-state index >= 15 is 0 Å². The van der Waals surface area contributed by atoms with Gasteiger partial charge in [-0.2, -0.15) is 0 Å². The second-order valence-electron chi connectivity index (χ2n) is 5.06. The molecule has 1 saturated heterocycles. The summed E-state index contributed by atoms with van der Waals surface area (Å²) < 4.78 is 27.2. The molecule has 1 atom stereocenters. The molecule has 1 aliphatic heterocycles. The fourth-order valence-electron chi connectivity index (χ4n) is 2.61. The van der Waals surface area contributed by atoms with E-state index in [1.807, 2.05) is 6.92 Å². The number of hydrogen-bond donors (Lipinski definition) is 2. The van der Waals surface area contributed by atoms with Gasteiger partial charge in [-0.15, -0.1) is 0 Å². The molecule has 2 N–H and O–H groups in total. The van der Waals surface area contributed by atoms with E-state index in [1.165, 1.54) is 0 Å². The Bertz CT molecular complexity index is 516. The van der Waals surface area contributed by atoms with Gasteiger partial charge in [-0.25, -0.2) is 8.78 Å². The number of carbonyl (C=O) groups is 1. The molecule has 3 nitrogen and oxygen atoms in total. The van der Waals surface area contributed by atoms with Gasteiger partial charge < -0.3 is 10.6 Å². The highest BCUT2D eigenvalue weighted by Gasteiger charge is 2.40. The van der Waals surface area contributed by atoms with E-state index in [4.69, 9.17) is 0 Å². The van der Waals surface area contributed by atoms with Crippen LogP contribution in [0.25, 0.3) is 0 Å². The van der Waals surface area contributed by atoms with Gasteiger partial charge in [-0.05, 0) is 47.8 Å². The van der Waals surface area contributed by atoms with Crippen LogP contribution < -0.4 is 10.6 Å². The quantitative estimate of drug-likeness (QED) is 0.818. The topological polar surface area (TPSA) is 41.1 Å². The summed E-state index contributed by atoms with van der Waals surface area (Å²) in [7, 11) is 0. The van der Waals surface area contributed by atoms with Gasteiger partial charge in [-0.3, -0.25) is 4.79 Å². The highest BCUT2D eigenvalue weighted by atomic mass is 79.9. The number of benzene rings is 1. The Morgan fingerprint density at radius 2 is 2.20 bits per heavy atom. The second-order valence-corrected chi connectivity index (χ2v) is 5.92. The zero-order valence-electron chi connectivity index (χ0n) is 11.2. The molecule has 1 unspecified atom stereocenters. The molecule has 0 bridgehead atoms. The lowest BCUT2D eigenvalue weighted by Crippen LogP contribution is -2.50. The Morgan fingerprint density at radius 1 is 1.45 bits per heavy atom. The first-order chi connectivity index (χ1) is 9.48. The van der Waals surface area contributed by atoms with E-state index in [9.17, 15) is 13.6 Å². The second kappa shape index (κ2) is 6.18. The molecule has 1 aromatic rings. The van der Waals surface area contributed by atoms with Crippen molar-refractivity contribution in [3.63, 3.8) is 0 Å². The van der Waals surface area contributed by atoms with E-state index in [2.05, 4.69) is 26.6 Å². The van der Waals surface area contributed by atoms with Crippen molar-refractivity contribution < 1.29 is 13.6 Å². The average Bonchev–Trinajstić information content (AvgIpc) is 2.86. The summed E-state index contributed by atoms with van der Waals surface area (Å²) in [5.74, 6) is -1.56. The summed E-state index contributed by atoms with van der Waals surface area (Å²) in [6.45, 7) is 2.76. The van der Waals surface area contributed by atoms with Crippen molar-refractivity contribution in [3.8, 4) is 0 Å². The van der Waals surface area contributed by atoms with E-state index in [0.29, 0.717) is 12.8 Å². The molecule has 0 aromatic heterocycles. The number of halogens is 3. The van der Waals surface area contributed by atoms with Crippen LogP contribution in [-0.4, -0.2) is 18.0 Å². The first kappa shape index (κ1) is 15.4. The van der Waals surface area contributed by atoms with E-state index in [0.717, 1.165) is 31.5 Å². The molecule has 20 heavy (non-hydrogen) atoms. The predicted molar refractivity (Wildman–Crippen MR) is 77.6 cm³/mol. The van der Waals surface area contributed by atoms with Gasteiger partial charge >= 0.3 is 0 Å². The fourth-order valence-corrected chi connectivity index (χ4v) is 2.93. The molecular formula is C14H17BrF2N2O. The molecule has 1 aromatic carbocycles. The van der Waals surface area contributed by atoms with Gasteiger partial charge in [0.2, 0.25) is 5.91 Å². The molecule has 2 rings (SSSR count). The summed E-state index contributed by atoms with van der Waals surface area (Å²) >= 11 is 2.91. The first-order valence-corrected chi connectivity index (χ1v) is 7.49. The van der Waals surface area contributed by atoms with Crippen LogP contribution in [0, 0.1) is 11.6 Å². The maximum Gasteiger partial charge on any atom is 0.244 e. The van der Waals surface area contributed by atoms with Gasteiger partial charge in [0.25, 0.3) is 0 Å². The lowest BCUT2D eigenvalue weighted by Gasteiger charge is -2.28. The summed E-state index contributed by atoms with van der Waals surface area (Å²) in [5, 5.41) is 5.71. The number of anilines is 1. The fraction of sp³-hybridized carbons (Fsp3) is 0.500. The van der Waals surface area contributed by atoms with Crippen molar-refractivity contribution in [2.24, 2.45) is 0 Å². The highest BCUT2D eigenvalue weighted by molar-refractivity contribution is 9.10. The molecule has 0 spiro atoms. The van der Waals surface area contributed by atoms with Gasteiger partial charge in [0.1, 0.15) is 11.6 Å².